The van der Waals surface area contributed by atoms with Crippen LogP contribution in [0.5, 0.6) is 0 Å². The number of carbonyl (C=O) groups is 2. The summed E-state index contributed by atoms with van der Waals surface area (Å²) in [4.78, 5) is 23.4. The SMILES string of the molecule is O=CNC(CSCCN1CCCCC1)C(=O)O. The van der Waals surface area contributed by atoms with Crippen molar-refractivity contribution < 1.29 is 14.7 Å². The Balaban J connectivity index is 2.08. The van der Waals surface area contributed by atoms with Crippen LogP contribution in [0, 0.1) is 0 Å². The number of carboxylic acid groups (broad SMARTS) is 1. The van der Waals surface area contributed by atoms with E-state index < -0.39 is 12.0 Å². The van der Waals surface area contributed by atoms with E-state index in [9.17, 15) is 9.59 Å². The summed E-state index contributed by atoms with van der Waals surface area (Å²) in [5, 5.41) is 11.1. The molecule has 1 amide bonds. The Kier molecular flexibility index (Phi) is 7.04. The summed E-state index contributed by atoms with van der Waals surface area (Å²) in [6.45, 7) is 3.34. The van der Waals surface area contributed by atoms with E-state index in [0.29, 0.717) is 12.2 Å². The molecule has 1 rings (SSSR count). The van der Waals surface area contributed by atoms with E-state index in [1.54, 1.807) is 11.8 Å². The monoisotopic (exact) mass is 260 g/mol. The van der Waals surface area contributed by atoms with Gasteiger partial charge in [-0.25, -0.2) is 4.79 Å². The van der Waals surface area contributed by atoms with E-state index in [1.807, 2.05) is 0 Å². The van der Waals surface area contributed by atoms with Gasteiger partial charge in [0.25, 0.3) is 0 Å². The van der Waals surface area contributed by atoms with Crippen LogP contribution in [0.15, 0.2) is 0 Å². The molecule has 1 atom stereocenters. The Labute approximate surface area is 106 Å². The molecule has 1 aliphatic rings. The van der Waals surface area contributed by atoms with Crippen molar-refractivity contribution in [2.45, 2.75) is 25.3 Å². The van der Waals surface area contributed by atoms with Crippen molar-refractivity contribution in [1.82, 2.24) is 10.2 Å². The van der Waals surface area contributed by atoms with Gasteiger partial charge in [-0.2, -0.15) is 11.8 Å². The van der Waals surface area contributed by atoms with Crippen LogP contribution in [-0.4, -0.2) is 59.6 Å². The van der Waals surface area contributed by atoms with Gasteiger partial charge < -0.3 is 15.3 Å². The predicted octanol–water partition coefficient (Wildman–Crippen LogP) is 0.405. The molecule has 0 spiro atoms. The van der Waals surface area contributed by atoms with Crippen LogP contribution in [0.4, 0.5) is 0 Å². The minimum Gasteiger partial charge on any atom is -0.480 e. The molecule has 1 fully saturated rings. The van der Waals surface area contributed by atoms with Crippen LogP contribution in [-0.2, 0) is 9.59 Å². The molecule has 0 saturated carbocycles. The highest BCUT2D eigenvalue weighted by Gasteiger charge is 2.16. The molecule has 1 aliphatic heterocycles. The number of thioether (sulfide) groups is 1. The van der Waals surface area contributed by atoms with E-state index >= 15 is 0 Å². The van der Waals surface area contributed by atoms with Crippen LogP contribution in [0.25, 0.3) is 0 Å². The van der Waals surface area contributed by atoms with Crippen LogP contribution >= 0.6 is 11.8 Å². The molecule has 0 aromatic carbocycles. The maximum atomic E-state index is 10.7. The van der Waals surface area contributed by atoms with E-state index in [4.69, 9.17) is 5.11 Å². The smallest absolute Gasteiger partial charge is 0.327 e. The van der Waals surface area contributed by atoms with Crippen molar-refractivity contribution in [2.75, 3.05) is 31.1 Å². The first-order valence-corrected chi connectivity index (χ1v) is 7.12. The summed E-state index contributed by atoms with van der Waals surface area (Å²) < 4.78 is 0. The van der Waals surface area contributed by atoms with Gasteiger partial charge in [0.1, 0.15) is 6.04 Å². The number of nitrogens with zero attached hydrogens (tertiary/aromatic N) is 1. The van der Waals surface area contributed by atoms with Crippen molar-refractivity contribution in [1.29, 1.82) is 0 Å². The zero-order chi connectivity index (χ0) is 12.5. The average Bonchev–Trinajstić information content (AvgIpc) is 2.34. The molecule has 1 saturated heterocycles. The topological polar surface area (TPSA) is 69.6 Å². The largest absolute Gasteiger partial charge is 0.480 e. The third-order valence-corrected chi connectivity index (χ3v) is 3.89. The van der Waals surface area contributed by atoms with Crippen molar-refractivity contribution >= 4 is 24.1 Å². The highest BCUT2D eigenvalue weighted by Crippen LogP contribution is 2.10. The molecule has 1 unspecified atom stereocenters. The Morgan fingerprint density at radius 2 is 2.12 bits per heavy atom. The van der Waals surface area contributed by atoms with Gasteiger partial charge in [-0.3, -0.25) is 4.79 Å². The van der Waals surface area contributed by atoms with Gasteiger partial charge in [0.2, 0.25) is 6.41 Å². The summed E-state index contributed by atoms with van der Waals surface area (Å²) >= 11 is 1.58. The van der Waals surface area contributed by atoms with Crippen LogP contribution in [0.1, 0.15) is 19.3 Å². The first-order valence-electron chi connectivity index (χ1n) is 5.96. The summed E-state index contributed by atoms with van der Waals surface area (Å²) in [7, 11) is 0. The Bertz CT molecular complexity index is 245. The van der Waals surface area contributed by atoms with Crippen molar-refractivity contribution in [3.05, 3.63) is 0 Å². The van der Waals surface area contributed by atoms with E-state index in [-0.39, 0.29) is 0 Å². The van der Waals surface area contributed by atoms with Crippen LogP contribution in [0.2, 0.25) is 0 Å². The minimum absolute atomic E-state index is 0.432. The number of nitrogens with one attached hydrogen (secondary N) is 1. The second-order valence-corrected chi connectivity index (χ2v) is 5.30. The summed E-state index contributed by atoms with van der Waals surface area (Å²) in [6, 6.07) is -0.765. The minimum atomic E-state index is -0.970. The molecule has 0 radical (unpaired) electrons. The maximum absolute atomic E-state index is 10.7. The van der Waals surface area contributed by atoms with Gasteiger partial charge in [-0.1, -0.05) is 6.42 Å². The standard InChI is InChI=1S/C11H20N2O3S/c14-9-12-10(11(15)16)8-17-7-6-13-4-2-1-3-5-13/h9-10H,1-8H2,(H,12,14)(H,15,16). The maximum Gasteiger partial charge on any atom is 0.327 e. The summed E-state index contributed by atoms with van der Waals surface area (Å²) in [6.07, 6.45) is 4.32. The van der Waals surface area contributed by atoms with Crippen LogP contribution < -0.4 is 5.32 Å². The lowest BCUT2D eigenvalue weighted by atomic mass is 10.1. The fraction of sp³-hybridized carbons (Fsp3) is 0.818. The molecule has 0 aliphatic carbocycles. The zero-order valence-electron chi connectivity index (χ0n) is 9.93. The van der Waals surface area contributed by atoms with Gasteiger partial charge in [0, 0.05) is 18.1 Å². The van der Waals surface area contributed by atoms with Crippen molar-refractivity contribution in [3.8, 4) is 0 Å². The summed E-state index contributed by atoms with van der Waals surface area (Å²) in [5.41, 5.74) is 0. The first-order chi connectivity index (χ1) is 8.24. The number of amides is 1. The average molecular weight is 260 g/mol. The molecule has 0 aromatic rings. The molecule has 0 aromatic heterocycles. The van der Waals surface area contributed by atoms with E-state index in [0.717, 1.165) is 25.4 Å². The number of carbonyl (C=O) groups excluding carboxylic acids is 1. The lowest BCUT2D eigenvalue weighted by molar-refractivity contribution is -0.139. The molecule has 5 nitrogen and oxygen atoms in total. The van der Waals surface area contributed by atoms with Gasteiger partial charge in [0.15, 0.2) is 0 Å². The lowest BCUT2D eigenvalue weighted by Gasteiger charge is -2.26. The number of carboxylic acids is 1. The highest BCUT2D eigenvalue weighted by molar-refractivity contribution is 7.99. The highest BCUT2D eigenvalue weighted by atomic mass is 32.2. The first kappa shape index (κ1) is 14.3. The summed E-state index contributed by atoms with van der Waals surface area (Å²) in [5.74, 6) is 0.384. The van der Waals surface area contributed by atoms with Crippen LogP contribution in [0.3, 0.4) is 0 Å². The molecular formula is C11H20N2O3S. The molecule has 2 N–H and O–H groups in total. The number of hydrogen-bond acceptors (Lipinski definition) is 4. The van der Waals surface area contributed by atoms with Gasteiger partial charge >= 0.3 is 5.97 Å². The van der Waals surface area contributed by atoms with Crippen molar-refractivity contribution in [3.63, 3.8) is 0 Å². The molecule has 1 heterocycles. The number of aliphatic carboxylic acids is 1. The predicted molar refractivity (Wildman–Crippen MR) is 68.2 cm³/mol. The number of rotatable bonds is 8. The number of hydrogen-bond donors (Lipinski definition) is 2. The Morgan fingerprint density at radius 3 is 2.71 bits per heavy atom. The number of piperidine rings is 1. The molecule has 17 heavy (non-hydrogen) atoms. The van der Waals surface area contributed by atoms with Crippen molar-refractivity contribution in [2.24, 2.45) is 0 Å². The third kappa shape index (κ3) is 5.93. The van der Waals surface area contributed by atoms with E-state index in [1.165, 1.54) is 19.3 Å². The van der Waals surface area contributed by atoms with Gasteiger partial charge in [-0.15, -0.1) is 0 Å². The molecule has 98 valence electrons. The third-order valence-electron chi connectivity index (χ3n) is 2.85. The van der Waals surface area contributed by atoms with Gasteiger partial charge in [-0.05, 0) is 25.9 Å². The molecule has 6 heteroatoms. The lowest BCUT2D eigenvalue weighted by Crippen LogP contribution is -2.38. The fourth-order valence-corrected chi connectivity index (χ4v) is 2.88. The Morgan fingerprint density at radius 1 is 1.41 bits per heavy atom. The van der Waals surface area contributed by atoms with Gasteiger partial charge in [0.05, 0.1) is 0 Å². The second kappa shape index (κ2) is 8.36. The second-order valence-electron chi connectivity index (χ2n) is 4.15. The normalized spacial score (nSPS) is 18.6. The van der Waals surface area contributed by atoms with E-state index in [2.05, 4.69) is 10.2 Å². The fourth-order valence-electron chi connectivity index (χ4n) is 1.85. The number of likely N-dealkylation sites (tertiary alicyclic amines) is 1. The zero-order valence-corrected chi connectivity index (χ0v) is 10.7. The molecule has 0 bridgehead atoms. The molecular weight excluding hydrogens is 240 g/mol. The quantitative estimate of drug-likeness (QED) is 0.488. The Hall–Kier alpha value is -0.750.